The van der Waals surface area contributed by atoms with Crippen LogP contribution in [0, 0.1) is 20.2 Å². The molecule has 0 aliphatic heterocycles. The van der Waals surface area contributed by atoms with Crippen molar-refractivity contribution in [1.29, 1.82) is 0 Å². The zero-order valence-corrected chi connectivity index (χ0v) is 41.8. The fourth-order valence-electron chi connectivity index (χ4n) is 6.95. The molecule has 0 radical (unpaired) electrons. The molecule has 4 rings (SSSR count). The highest BCUT2D eigenvalue weighted by atomic mass is 16.6. The van der Waals surface area contributed by atoms with Crippen molar-refractivity contribution >= 4 is 23.2 Å². The van der Waals surface area contributed by atoms with E-state index in [0.29, 0.717) is 185 Å². The van der Waals surface area contributed by atoms with Gasteiger partial charge in [0.25, 0.3) is 11.4 Å². The van der Waals surface area contributed by atoms with Gasteiger partial charge in [-0.3, -0.25) is 20.2 Å². The molecule has 3 aromatic carbocycles. The van der Waals surface area contributed by atoms with E-state index in [2.05, 4.69) is 34.9 Å². The lowest BCUT2D eigenvalue weighted by Crippen LogP contribution is -2.27. The summed E-state index contributed by atoms with van der Waals surface area (Å²) in [5.74, 6) is 0.0375. The minimum atomic E-state index is -0.683. The van der Waals surface area contributed by atoms with Crippen LogP contribution in [0.25, 0.3) is 11.1 Å². The Morgan fingerprint density at radius 3 is 1.16 bits per heavy atom. The third-order valence-electron chi connectivity index (χ3n) is 10.5. The van der Waals surface area contributed by atoms with Gasteiger partial charge in [-0.05, 0) is 34.7 Å². The van der Waals surface area contributed by atoms with Crippen LogP contribution in [-0.4, -0.2) is 207 Å². The zero-order valence-electron chi connectivity index (χ0n) is 41.8. The average molecular weight is 1040 g/mol. The average Bonchev–Trinajstić information content (AvgIpc) is 3.72. The Hall–Kier alpha value is -4.99. The van der Waals surface area contributed by atoms with Crippen molar-refractivity contribution in [2.24, 2.45) is 0 Å². The van der Waals surface area contributed by atoms with Crippen molar-refractivity contribution in [3.63, 3.8) is 0 Å². The number of carbonyl (C=O) groups excluding carboxylic acids is 1. The number of non-ortho nitro benzene ring substituents is 1. The lowest BCUT2D eigenvalue weighted by molar-refractivity contribution is -0.393. The number of hydrogen-bond acceptors (Lipinski definition) is 20. The highest BCUT2D eigenvalue weighted by molar-refractivity contribution is 5.79. The summed E-state index contributed by atoms with van der Waals surface area (Å²) in [6.45, 7) is 12.5. The number of nitrogens with one attached hydrogen (secondary N) is 2. The molecule has 0 saturated heterocycles. The number of ether oxygens (including phenoxy) is 14. The Kier molecular flexibility index (Phi) is 33.5. The number of alkyl carbamates (subject to hydrolysis) is 1. The number of benzene rings is 3. The molecular formula is C50H74N4O19. The maximum Gasteiger partial charge on any atom is 0.407 e. The zero-order chi connectivity index (χ0) is 51.7. The van der Waals surface area contributed by atoms with Crippen molar-refractivity contribution in [3.8, 4) is 11.1 Å². The number of carbonyl (C=O) groups is 1. The van der Waals surface area contributed by atoms with Gasteiger partial charge in [0, 0.05) is 31.7 Å². The number of rotatable bonds is 48. The van der Waals surface area contributed by atoms with Gasteiger partial charge in [0.1, 0.15) is 12.3 Å². The van der Waals surface area contributed by atoms with Crippen molar-refractivity contribution < 1.29 is 81.0 Å². The number of anilines is 1. The van der Waals surface area contributed by atoms with E-state index in [1.807, 2.05) is 24.3 Å². The van der Waals surface area contributed by atoms with Crippen LogP contribution in [0.5, 0.6) is 0 Å². The van der Waals surface area contributed by atoms with E-state index in [4.69, 9.17) is 66.3 Å². The first-order valence-electron chi connectivity index (χ1n) is 24.7. The van der Waals surface area contributed by atoms with E-state index < -0.39 is 15.9 Å². The number of nitrogens with zero attached hydrogens (tertiary/aromatic N) is 2. The van der Waals surface area contributed by atoms with Crippen molar-refractivity contribution in [2.75, 3.05) is 197 Å². The van der Waals surface area contributed by atoms with Crippen LogP contribution in [0.3, 0.4) is 0 Å². The summed E-state index contributed by atoms with van der Waals surface area (Å²) >= 11 is 0. The van der Waals surface area contributed by atoms with Crippen LogP contribution >= 0.6 is 0 Å². The second-order valence-corrected chi connectivity index (χ2v) is 15.7. The van der Waals surface area contributed by atoms with Gasteiger partial charge >= 0.3 is 6.09 Å². The third-order valence-corrected chi connectivity index (χ3v) is 10.5. The molecule has 0 aromatic heterocycles. The van der Waals surface area contributed by atoms with Gasteiger partial charge in [0.15, 0.2) is 0 Å². The molecule has 0 bridgehead atoms. The summed E-state index contributed by atoms with van der Waals surface area (Å²) < 4.78 is 77.1. The summed E-state index contributed by atoms with van der Waals surface area (Å²) in [6, 6.07) is 19.9. The fraction of sp³-hybridized carbons (Fsp3) is 0.620. The molecule has 73 heavy (non-hydrogen) atoms. The first kappa shape index (κ1) is 60.6. The second kappa shape index (κ2) is 40.4. The molecule has 1 aliphatic rings. The lowest BCUT2D eigenvalue weighted by Gasteiger charge is -2.14. The predicted octanol–water partition coefficient (Wildman–Crippen LogP) is 5.06. The highest BCUT2D eigenvalue weighted by Gasteiger charge is 2.29. The Morgan fingerprint density at radius 1 is 0.438 bits per heavy atom. The quantitative estimate of drug-likeness (QED) is 0.0426. The first-order chi connectivity index (χ1) is 36.0. The molecule has 0 heterocycles. The van der Waals surface area contributed by atoms with E-state index in [1.54, 1.807) is 0 Å². The monoisotopic (exact) mass is 1030 g/mol. The van der Waals surface area contributed by atoms with E-state index in [9.17, 15) is 25.0 Å². The SMILES string of the molecule is O=C(NCCCOCCOCCOCCOCCOCCOCCOCCOCCOCCOCCOCCOCCOCCNc1ccc([N+](=O)[O-])cc1[N+](=O)[O-])OCC1c2ccccc2-c2ccccc21. The number of nitro benzene ring substituents is 2. The van der Waals surface area contributed by atoms with Crippen LogP contribution in [0.2, 0.25) is 0 Å². The fourth-order valence-corrected chi connectivity index (χ4v) is 6.95. The van der Waals surface area contributed by atoms with Gasteiger partial charge in [-0.25, -0.2) is 4.79 Å². The number of fused-ring (bicyclic) bond motifs is 3. The lowest BCUT2D eigenvalue weighted by atomic mass is 9.98. The number of nitro groups is 2. The second-order valence-electron chi connectivity index (χ2n) is 15.7. The molecule has 0 spiro atoms. The van der Waals surface area contributed by atoms with Crippen LogP contribution in [0.1, 0.15) is 23.5 Å². The third kappa shape index (κ3) is 27.2. The summed E-state index contributed by atoms with van der Waals surface area (Å²) in [6.07, 6.45) is 0.245. The Balaban J connectivity index is 0.749. The minimum absolute atomic E-state index is 0.0375. The summed E-state index contributed by atoms with van der Waals surface area (Å²) in [7, 11) is 0. The van der Waals surface area contributed by atoms with E-state index in [-0.39, 0.29) is 36.1 Å². The standard InChI is InChI=1S/C50H74N4O19/c55-50(73-41-47-45-8-3-1-6-43(45)44-7-2-4-9-46(44)47)52-12-5-14-60-16-18-62-20-22-64-24-26-66-28-30-68-32-34-70-36-38-72-39-37-71-35-33-69-31-29-67-27-25-65-23-21-63-19-17-61-15-13-51-48-11-10-42(53(56)57)40-49(48)54(58)59/h1-4,6-11,40,47,51H,5,12-39,41H2,(H,52,55). The molecule has 408 valence electrons. The molecule has 2 N–H and O–H groups in total. The molecule has 0 saturated carbocycles. The first-order valence-corrected chi connectivity index (χ1v) is 24.7. The van der Waals surface area contributed by atoms with Gasteiger partial charge in [-0.15, -0.1) is 0 Å². The topological polar surface area (TPSA) is 257 Å². The Labute approximate surface area is 426 Å². The molecular weight excluding hydrogens is 961 g/mol. The van der Waals surface area contributed by atoms with Crippen molar-refractivity contribution in [2.45, 2.75) is 12.3 Å². The van der Waals surface area contributed by atoms with Crippen LogP contribution in [0.4, 0.5) is 21.9 Å². The van der Waals surface area contributed by atoms with Gasteiger partial charge in [-0.2, -0.15) is 0 Å². The van der Waals surface area contributed by atoms with Crippen LogP contribution < -0.4 is 10.6 Å². The number of hydrogen-bond donors (Lipinski definition) is 2. The largest absolute Gasteiger partial charge is 0.449 e. The molecule has 0 unspecified atom stereocenters. The maximum absolute atomic E-state index is 12.3. The van der Waals surface area contributed by atoms with Gasteiger partial charge in [0.05, 0.1) is 181 Å². The molecule has 1 amide bonds. The molecule has 3 aromatic rings. The van der Waals surface area contributed by atoms with Gasteiger partial charge in [0.2, 0.25) is 0 Å². The summed E-state index contributed by atoms with van der Waals surface area (Å²) in [5, 5.41) is 27.7. The van der Waals surface area contributed by atoms with Crippen LogP contribution in [0.15, 0.2) is 66.7 Å². The van der Waals surface area contributed by atoms with Gasteiger partial charge in [-0.1, -0.05) is 48.5 Å². The Morgan fingerprint density at radius 2 is 0.795 bits per heavy atom. The minimum Gasteiger partial charge on any atom is -0.449 e. The van der Waals surface area contributed by atoms with Crippen molar-refractivity contribution in [1.82, 2.24) is 5.32 Å². The molecule has 1 aliphatic carbocycles. The van der Waals surface area contributed by atoms with E-state index in [1.165, 1.54) is 34.4 Å². The van der Waals surface area contributed by atoms with Gasteiger partial charge < -0.3 is 76.9 Å². The normalized spacial score (nSPS) is 11.9. The molecule has 0 atom stereocenters. The predicted molar refractivity (Wildman–Crippen MR) is 267 cm³/mol. The smallest absolute Gasteiger partial charge is 0.407 e. The van der Waals surface area contributed by atoms with Crippen molar-refractivity contribution in [3.05, 3.63) is 98.1 Å². The summed E-state index contributed by atoms with van der Waals surface area (Å²) in [5.41, 5.74) is 4.23. The van der Waals surface area contributed by atoms with E-state index in [0.717, 1.165) is 6.07 Å². The molecule has 23 heteroatoms. The molecule has 0 fully saturated rings. The van der Waals surface area contributed by atoms with E-state index >= 15 is 0 Å². The number of amides is 1. The molecule has 23 nitrogen and oxygen atoms in total. The maximum atomic E-state index is 12.3. The van der Waals surface area contributed by atoms with Crippen LogP contribution in [-0.2, 0) is 66.3 Å². The highest BCUT2D eigenvalue weighted by Crippen LogP contribution is 2.44. The Bertz CT molecular complexity index is 1890. The summed E-state index contributed by atoms with van der Waals surface area (Å²) in [4.78, 5) is 33.0.